The summed E-state index contributed by atoms with van der Waals surface area (Å²) in [6.07, 6.45) is 7.36. The lowest BCUT2D eigenvalue weighted by Crippen LogP contribution is -2.59. The van der Waals surface area contributed by atoms with Crippen molar-refractivity contribution in [3.8, 4) is 5.75 Å². The molecular weight excluding hydrogens is 342 g/mol. The summed E-state index contributed by atoms with van der Waals surface area (Å²) in [5.41, 5.74) is 2.41. The maximum atomic E-state index is 13.1. The fourth-order valence-electron chi connectivity index (χ4n) is 5.09. The monoisotopic (exact) mass is 371 g/mol. The molecule has 0 spiro atoms. The van der Waals surface area contributed by atoms with Crippen LogP contribution in [0, 0.1) is 5.41 Å². The summed E-state index contributed by atoms with van der Waals surface area (Å²) in [6.45, 7) is 3.74. The second-order valence-corrected chi connectivity index (χ2v) is 7.93. The highest BCUT2D eigenvalue weighted by molar-refractivity contribution is 5.77. The summed E-state index contributed by atoms with van der Waals surface area (Å²) in [6, 6.07) is 7.44. The van der Waals surface area contributed by atoms with Crippen LogP contribution in [0.1, 0.15) is 37.7 Å². The number of aromatic hydroxyl groups is 1. The van der Waals surface area contributed by atoms with Crippen LogP contribution >= 0.6 is 0 Å². The zero-order valence-corrected chi connectivity index (χ0v) is 15.9. The van der Waals surface area contributed by atoms with Gasteiger partial charge in [-0.3, -0.25) is 4.79 Å². The lowest BCUT2D eigenvalue weighted by molar-refractivity contribution is -0.147. The molecule has 0 aromatic heterocycles. The van der Waals surface area contributed by atoms with E-state index in [-0.39, 0.29) is 23.1 Å². The molecule has 5 heteroatoms. The quantitative estimate of drug-likeness (QED) is 0.827. The molecule has 0 unspecified atom stereocenters. The van der Waals surface area contributed by atoms with E-state index in [1.165, 1.54) is 5.57 Å². The van der Waals surface area contributed by atoms with Gasteiger partial charge in [0.15, 0.2) is 0 Å². The number of likely N-dealkylation sites (tertiary alicyclic amines) is 1. The Morgan fingerprint density at radius 1 is 1.30 bits per heavy atom. The topological polar surface area (TPSA) is 59.0 Å². The van der Waals surface area contributed by atoms with E-state index in [0.717, 1.165) is 57.6 Å². The fraction of sp³-hybridized carbons (Fsp3) is 0.591. The predicted octanol–water partition coefficient (Wildman–Crippen LogP) is 3.07. The van der Waals surface area contributed by atoms with Crippen molar-refractivity contribution < 1.29 is 19.4 Å². The maximum Gasteiger partial charge on any atom is 0.223 e. The number of carbonyl (C=O) groups excluding carboxylic acids is 1. The van der Waals surface area contributed by atoms with E-state index < -0.39 is 0 Å². The molecule has 0 bridgehead atoms. The van der Waals surface area contributed by atoms with Gasteiger partial charge in [-0.2, -0.15) is 0 Å². The van der Waals surface area contributed by atoms with Crippen LogP contribution in [0.25, 0.3) is 0 Å². The number of ether oxygens (including phenoxy) is 2. The number of piperidine rings is 1. The van der Waals surface area contributed by atoms with Gasteiger partial charge in [0, 0.05) is 31.0 Å². The number of phenolic OH excluding ortho intramolecular Hbond substituents is 1. The molecule has 1 amide bonds. The Morgan fingerprint density at radius 2 is 2.22 bits per heavy atom. The number of nitrogens with zero attached hydrogens (tertiary/aromatic N) is 1. The molecule has 2 fully saturated rings. The van der Waals surface area contributed by atoms with Gasteiger partial charge in [0.25, 0.3) is 0 Å². The van der Waals surface area contributed by atoms with Gasteiger partial charge < -0.3 is 19.5 Å². The van der Waals surface area contributed by atoms with Crippen molar-refractivity contribution in [2.75, 3.05) is 33.0 Å². The third-order valence-corrected chi connectivity index (χ3v) is 6.39. The number of amides is 1. The smallest absolute Gasteiger partial charge is 0.223 e. The molecule has 2 atom stereocenters. The van der Waals surface area contributed by atoms with E-state index in [0.29, 0.717) is 19.4 Å². The van der Waals surface area contributed by atoms with Crippen molar-refractivity contribution in [1.82, 2.24) is 4.90 Å². The first kappa shape index (κ1) is 18.5. The molecular formula is C22H29NO4. The zero-order chi connectivity index (χ0) is 18.7. The van der Waals surface area contributed by atoms with E-state index in [1.54, 1.807) is 12.1 Å². The summed E-state index contributed by atoms with van der Waals surface area (Å²) < 4.78 is 11.4. The van der Waals surface area contributed by atoms with Crippen molar-refractivity contribution >= 4 is 5.91 Å². The van der Waals surface area contributed by atoms with E-state index >= 15 is 0 Å². The van der Waals surface area contributed by atoms with Gasteiger partial charge in [0.1, 0.15) is 5.75 Å². The van der Waals surface area contributed by atoms with Crippen molar-refractivity contribution in [1.29, 1.82) is 0 Å². The number of hydrogen-bond acceptors (Lipinski definition) is 4. The molecule has 1 N–H and O–H groups in total. The molecule has 1 aromatic rings. The van der Waals surface area contributed by atoms with Crippen LogP contribution in [0.5, 0.6) is 5.75 Å². The van der Waals surface area contributed by atoms with Crippen molar-refractivity contribution in [2.45, 2.75) is 44.6 Å². The number of hydrogen-bond donors (Lipinski definition) is 1. The van der Waals surface area contributed by atoms with Gasteiger partial charge >= 0.3 is 0 Å². The standard InChI is InChI=1S/C22H29NO4/c24-19-4-1-3-17(15-19)5-6-21(25)23-11-2-10-22(16-27-14-9-20(22)23)18-7-12-26-13-8-18/h1,3-4,7,15,20,24H,2,5-6,8-14,16H2/t20-,22-/m0/s1. The normalized spacial score (nSPS) is 28.4. The third kappa shape index (κ3) is 3.76. The predicted molar refractivity (Wildman–Crippen MR) is 103 cm³/mol. The third-order valence-electron chi connectivity index (χ3n) is 6.39. The van der Waals surface area contributed by atoms with Crippen LogP contribution < -0.4 is 0 Å². The SMILES string of the molecule is O=C(CCc1cccc(O)c1)N1CCC[C@@]2(C3=CCOCC3)COCC[C@H]12. The summed E-state index contributed by atoms with van der Waals surface area (Å²) in [5.74, 6) is 0.481. The highest BCUT2D eigenvalue weighted by Gasteiger charge is 2.50. The number of carbonyl (C=O) groups is 1. The van der Waals surface area contributed by atoms with E-state index in [9.17, 15) is 9.90 Å². The molecule has 4 rings (SSSR count). The average molecular weight is 371 g/mol. The Morgan fingerprint density at radius 3 is 3.04 bits per heavy atom. The highest BCUT2D eigenvalue weighted by atomic mass is 16.5. The largest absolute Gasteiger partial charge is 0.508 e. The summed E-state index contributed by atoms with van der Waals surface area (Å²) in [4.78, 5) is 15.2. The fourth-order valence-corrected chi connectivity index (χ4v) is 5.09. The molecule has 27 heavy (non-hydrogen) atoms. The van der Waals surface area contributed by atoms with Gasteiger partial charge in [-0.05, 0) is 49.8 Å². The minimum Gasteiger partial charge on any atom is -0.508 e. The van der Waals surface area contributed by atoms with Gasteiger partial charge in [-0.15, -0.1) is 0 Å². The van der Waals surface area contributed by atoms with Gasteiger partial charge in [-0.25, -0.2) is 0 Å². The number of aryl methyl sites for hydroxylation is 1. The van der Waals surface area contributed by atoms with Crippen LogP contribution in [-0.4, -0.2) is 54.9 Å². The molecule has 3 heterocycles. The van der Waals surface area contributed by atoms with E-state index in [2.05, 4.69) is 11.0 Å². The number of fused-ring (bicyclic) bond motifs is 1. The molecule has 2 saturated heterocycles. The van der Waals surface area contributed by atoms with Crippen LogP contribution in [0.2, 0.25) is 0 Å². The number of phenols is 1. The number of benzene rings is 1. The van der Waals surface area contributed by atoms with Crippen molar-refractivity contribution in [3.05, 3.63) is 41.5 Å². The van der Waals surface area contributed by atoms with Crippen LogP contribution in [0.15, 0.2) is 35.9 Å². The molecule has 1 aromatic carbocycles. The van der Waals surface area contributed by atoms with Gasteiger partial charge in [0.2, 0.25) is 5.91 Å². The van der Waals surface area contributed by atoms with Crippen LogP contribution in [0.4, 0.5) is 0 Å². The Bertz CT molecular complexity index is 712. The molecule has 0 aliphatic carbocycles. The van der Waals surface area contributed by atoms with Crippen molar-refractivity contribution in [2.24, 2.45) is 5.41 Å². The minimum atomic E-state index is -0.0268. The minimum absolute atomic E-state index is 0.0268. The Hall–Kier alpha value is -1.85. The maximum absolute atomic E-state index is 13.1. The molecule has 5 nitrogen and oxygen atoms in total. The zero-order valence-electron chi connectivity index (χ0n) is 15.9. The highest BCUT2D eigenvalue weighted by Crippen LogP contribution is 2.48. The number of rotatable bonds is 4. The van der Waals surface area contributed by atoms with E-state index in [4.69, 9.17) is 9.47 Å². The van der Waals surface area contributed by atoms with E-state index in [1.807, 2.05) is 12.1 Å². The molecule has 3 aliphatic heterocycles. The molecule has 0 saturated carbocycles. The lowest BCUT2D eigenvalue weighted by Gasteiger charge is -2.54. The van der Waals surface area contributed by atoms with Crippen LogP contribution in [0.3, 0.4) is 0 Å². The molecule has 146 valence electrons. The Kier molecular flexibility index (Phi) is 5.50. The second-order valence-electron chi connectivity index (χ2n) is 7.93. The Balaban J connectivity index is 1.50. The first-order chi connectivity index (χ1) is 13.2. The van der Waals surface area contributed by atoms with Gasteiger partial charge in [0.05, 0.1) is 19.8 Å². The molecule has 3 aliphatic rings. The molecule has 0 radical (unpaired) electrons. The summed E-state index contributed by atoms with van der Waals surface area (Å²) >= 11 is 0. The second kappa shape index (κ2) is 8.03. The van der Waals surface area contributed by atoms with Crippen LogP contribution in [-0.2, 0) is 20.7 Å². The first-order valence-corrected chi connectivity index (χ1v) is 10.1. The Labute approximate surface area is 161 Å². The van der Waals surface area contributed by atoms with Crippen molar-refractivity contribution in [3.63, 3.8) is 0 Å². The van der Waals surface area contributed by atoms with Gasteiger partial charge in [-0.1, -0.05) is 23.8 Å². The average Bonchev–Trinajstić information content (AvgIpc) is 2.72. The lowest BCUT2D eigenvalue weighted by atomic mass is 9.65. The summed E-state index contributed by atoms with van der Waals surface area (Å²) in [7, 11) is 0. The first-order valence-electron chi connectivity index (χ1n) is 10.1. The summed E-state index contributed by atoms with van der Waals surface area (Å²) in [5, 5.41) is 9.63.